The molecule has 0 saturated carbocycles. The van der Waals surface area contributed by atoms with Gasteiger partial charge in [0.2, 0.25) is 0 Å². The number of aromatic nitrogens is 1. The van der Waals surface area contributed by atoms with E-state index in [0.29, 0.717) is 0 Å². The van der Waals surface area contributed by atoms with Gasteiger partial charge in [0.15, 0.2) is 0 Å². The summed E-state index contributed by atoms with van der Waals surface area (Å²) in [5.41, 5.74) is 9.33. The van der Waals surface area contributed by atoms with Crippen molar-refractivity contribution in [1.29, 1.82) is 0 Å². The zero-order chi connectivity index (χ0) is 22.0. The summed E-state index contributed by atoms with van der Waals surface area (Å²) < 4.78 is 15.1. The first-order chi connectivity index (χ1) is 16.9. The number of rotatable bonds is 0. The van der Waals surface area contributed by atoms with Crippen LogP contribution in [0.25, 0.3) is 49.4 Å². The summed E-state index contributed by atoms with van der Waals surface area (Å²) in [6.45, 7) is 0.153. The van der Waals surface area contributed by atoms with Gasteiger partial charge in [0.25, 0.3) is 6.71 Å². The standard InChI is InChI=1S/C30H16BNO2/c1-5-11-25-17(7-1)20-15-24-19(16-28(20)33-25)18-13-14-27-29-30(18)32(24)23-10-4-2-8-21(23)31(29)22-9-3-6-12-26(22)34-27/h1-16H. The molecule has 0 radical (unpaired) electrons. The summed E-state index contributed by atoms with van der Waals surface area (Å²) in [6.07, 6.45) is 0. The highest BCUT2D eigenvalue weighted by atomic mass is 16.5. The molecule has 9 rings (SSSR count). The molecule has 0 atom stereocenters. The second-order valence-electron chi connectivity index (χ2n) is 9.30. The molecule has 3 nitrogen and oxygen atoms in total. The molecule has 0 saturated heterocycles. The van der Waals surface area contributed by atoms with Gasteiger partial charge in [-0.1, -0.05) is 54.6 Å². The summed E-state index contributed by atoms with van der Waals surface area (Å²) in [7, 11) is 0. The number of hydrogen-bond donors (Lipinski definition) is 0. The van der Waals surface area contributed by atoms with Crippen LogP contribution >= 0.6 is 0 Å². The number of nitrogens with zero attached hydrogens (tertiary/aromatic N) is 1. The maximum Gasteiger partial charge on any atom is 0.256 e. The van der Waals surface area contributed by atoms with E-state index in [1.165, 1.54) is 43.9 Å². The minimum atomic E-state index is 0.153. The van der Waals surface area contributed by atoms with E-state index in [-0.39, 0.29) is 6.71 Å². The molecule has 0 bridgehead atoms. The third-order valence-corrected chi connectivity index (χ3v) is 7.65. The molecule has 7 aromatic rings. The second-order valence-corrected chi connectivity index (χ2v) is 9.30. The Morgan fingerprint density at radius 3 is 2.38 bits per heavy atom. The molecule has 0 unspecified atom stereocenters. The molecule has 0 N–H and O–H groups in total. The van der Waals surface area contributed by atoms with Crippen LogP contribution in [0.3, 0.4) is 0 Å². The van der Waals surface area contributed by atoms with E-state index >= 15 is 0 Å². The molecular formula is C30H16BNO2. The minimum Gasteiger partial charge on any atom is -0.458 e. The highest BCUT2D eigenvalue weighted by Gasteiger charge is 2.40. The van der Waals surface area contributed by atoms with Crippen LogP contribution in [0.2, 0.25) is 0 Å². The average Bonchev–Trinajstić information content (AvgIpc) is 3.41. The molecule has 2 aliphatic rings. The lowest BCUT2D eigenvalue weighted by molar-refractivity contribution is 0.488. The van der Waals surface area contributed by atoms with Gasteiger partial charge < -0.3 is 13.7 Å². The van der Waals surface area contributed by atoms with E-state index < -0.39 is 0 Å². The number of ether oxygens (including phenoxy) is 1. The van der Waals surface area contributed by atoms with Crippen molar-refractivity contribution in [2.24, 2.45) is 0 Å². The van der Waals surface area contributed by atoms with Crippen molar-refractivity contribution in [3.8, 4) is 17.2 Å². The Morgan fingerprint density at radius 1 is 0.588 bits per heavy atom. The minimum absolute atomic E-state index is 0.153. The Morgan fingerprint density at radius 2 is 1.41 bits per heavy atom. The zero-order valence-electron chi connectivity index (χ0n) is 18.1. The van der Waals surface area contributed by atoms with Gasteiger partial charge in [-0.2, -0.15) is 0 Å². The zero-order valence-corrected chi connectivity index (χ0v) is 18.1. The van der Waals surface area contributed by atoms with E-state index in [9.17, 15) is 0 Å². The van der Waals surface area contributed by atoms with Gasteiger partial charge in [-0.05, 0) is 58.9 Å². The first-order valence-corrected chi connectivity index (χ1v) is 11.7. The van der Waals surface area contributed by atoms with Crippen LogP contribution in [-0.2, 0) is 0 Å². The van der Waals surface area contributed by atoms with E-state index in [0.717, 1.165) is 33.4 Å². The molecule has 4 heterocycles. The van der Waals surface area contributed by atoms with Crippen LogP contribution in [-0.4, -0.2) is 11.3 Å². The van der Waals surface area contributed by atoms with Crippen molar-refractivity contribution in [3.05, 3.63) is 97.1 Å². The molecule has 4 heteroatoms. The summed E-state index contributed by atoms with van der Waals surface area (Å²) in [6, 6.07) is 34.4. The van der Waals surface area contributed by atoms with Crippen LogP contribution in [0.1, 0.15) is 0 Å². The molecular weight excluding hydrogens is 417 g/mol. The molecule has 0 fully saturated rings. The van der Waals surface area contributed by atoms with E-state index in [1.54, 1.807) is 0 Å². The second kappa shape index (κ2) is 5.73. The van der Waals surface area contributed by atoms with Crippen molar-refractivity contribution >= 4 is 66.8 Å². The maximum absolute atomic E-state index is 6.44. The molecule has 0 amide bonds. The van der Waals surface area contributed by atoms with Crippen molar-refractivity contribution in [2.45, 2.75) is 0 Å². The van der Waals surface area contributed by atoms with Crippen molar-refractivity contribution in [3.63, 3.8) is 0 Å². The fourth-order valence-corrected chi connectivity index (χ4v) is 6.29. The Balaban J connectivity index is 1.52. The average molecular weight is 433 g/mol. The number of benzene rings is 5. The van der Waals surface area contributed by atoms with Gasteiger partial charge in [0.05, 0.1) is 11.0 Å². The third-order valence-electron chi connectivity index (χ3n) is 7.65. The highest BCUT2D eigenvalue weighted by Crippen LogP contribution is 2.41. The highest BCUT2D eigenvalue weighted by molar-refractivity contribution is 6.99. The predicted molar refractivity (Wildman–Crippen MR) is 139 cm³/mol. The van der Waals surface area contributed by atoms with Gasteiger partial charge in [-0.25, -0.2) is 0 Å². The lowest BCUT2D eigenvalue weighted by Crippen LogP contribution is -2.58. The smallest absolute Gasteiger partial charge is 0.256 e. The third kappa shape index (κ3) is 1.89. The Kier molecular flexibility index (Phi) is 2.88. The SMILES string of the molecule is c1ccc2c(c1)Oc1ccc3c4cc5oc6ccccc6c5cc4n4c3c1B2c1ccccc1-4. The van der Waals surface area contributed by atoms with E-state index in [2.05, 4.69) is 83.4 Å². The number of furan rings is 1. The summed E-state index contributed by atoms with van der Waals surface area (Å²) in [5.74, 6) is 1.89. The lowest BCUT2D eigenvalue weighted by atomic mass is 9.34. The first kappa shape index (κ1) is 17.1. The molecule has 5 aromatic carbocycles. The normalized spacial score (nSPS) is 13.5. The van der Waals surface area contributed by atoms with Crippen molar-refractivity contribution in [2.75, 3.05) is 0 Å². The fraction of sp³-hybridized carbons (Fsp3) is 0. The topological polar surface area (TPSA) is 27.3 Å². The molecule has 34 heavy (non-hydrogen) atoms. The Hall–Kier alpha value is -4.44. The van der Waals surface area contributed by atoms with Gasteiger partial charge in [0, 0.05) is 27.2 Å². The molecule has 2 aliphatic heterocycles. The number of fused-ring (bicyclic) bond motifs is 11. The number of para-hydroxylation sites is 3. The molecule has 0 spiro atoms. The Labute approximate surface area is 194 Å². The Bertz CT molecular complexity index is 2010. The predicted octanol–water partition coefficient (Wildman–Crippen LogP) is 5.62. The van der Waals surface area contributed by atoms with Crippen LogP contribution in [0.15, 0.2) is 101 Å². The quantitative estimate of drug-likeness (QED) is 0.291. The van der Waals surface area contributed by atoms with Crippen molar-refractivity contribution in [1.82, 2.24) is 4.57 Å². The number of hydrogen-bond acceptors (Lipinski definition) is 2. The van der Waals surface area contributed by atoms with Gasteiger partial charge in [0.1, 0.15) is 22.7 Å². The van der Waals surface area contributed by atoms with Crippen LogP contribution in [0.5, 0.6) is 11.5 Å². The monoisotopic (exact) mass is 433 g/mol. The maximum atomic E-state index is 6.44. The van der Waals surface area contributed by atoms with Gasteiger partial charge >= 0.3 is 0 Å². The van der Waals surface area contributed by atoms with Gasteiger partial charge in [-0.15, -0.1) is 0 Å². The van der Waals surface area contributed by atoms with E-state index in [1.807, 2.05) is 18.2 Å². The lowest BCUT2D eigenvalue weighted by Gasteiger charge is -2.32. The summed E-state index contributed by atoms with van der Waals surface area (Å²) >= 11 is 0. The van der Waals surface area contributed by atoms with Crippen LogP contribution in [0.4, 0.5) is 0 Å². The largest absolute Gasteiger partial charge is 0.458 e. The van der Waals surface area contributed by atoms with Crippen molar-refractivity contribution < 1.29 is 9.15 Å². The summed E-state index contributed by atoms with van der Waals surface area (Å²) in [5, 5.41) is 4.74. The van der Waals surface area contributed by atoms with Gasteiger partial charge in [-0.3, -0.25) is 0 Å². The molecule has 0 aliphatic carbocycles. The first-order valence-electron chi connectivity index (χ1n) is 11.7. The van der Waals surface area contributed by atoms with E-state index in [4.69, 9.17) is 9.15 Å². The van der Waals surface area contributed by atoms with Crippen LogP contribution in [0, 0.1) is 0 Å². The molecule has 2 aromatic heterocycles. The molecule has 156 valence electrons. The fourth-order valence-electron chi connectivity index (χ4n) is 6.29. The van der Waals surface area contributed by atoms with Crippen LogP contribution < -0.4 is 21.1 Å². The summed E-state index contributed by atoms with van der Waals surface area (Å²) in [4.78, 5) is 0.